The summed E-state index contributed by atoms with van der Waals surface area (Å²) >= 11 is 0. The quantitative estimate of drug-likeness (QED) is 0.111. The van der Waals surface area contributed by atoms with E-state index in [0.717, 1.165) is 11.1 Å². The molecule has 2 aliphatic carbocycles. The van der Waals surface area contributed by atoms with Gasteiger partial charge in [0.25, 0.3) is 23.6 Å². The van der Waals surface area contributed by atoms with E-state index in [1.54, 1.807) is 114 Å². The first-order chi connectivity index (χ1) is 34.6. The molecule has 0 radical (unpaired) electrons. The lowest BCUT2D eigenvalue weighted by atomic mass is 10.0. The summed E-state index contributed by atoms with van der Waals surface area (Å²) in [6.45, 7) is 10.9. The maximum absolute atomic E-state index is 13.5. The summed E-state index contributed by atoms with van der Waals surface area (Å²) in [4.78, 5) is 55.9. The van der Waals surface area contributed by atoms with E-state index in [-0.39, 0.29) is 62.2 Å². The average molecular weight is 1060 g/mol. The number of nitrogens with zero attached hydrogens (tertiary/aromatic N) is 8. The molecular weight excluding hydrogens is 989 g/mol. The van der Waals surface area contributed by atoms with Crippen molar-refractivity contribution in [3.8, 4) is 12.1 Å². The van der Waals surface area contributed by atoms with E-state index < -0.39 is 62.7 Å². The number of nitrogens with one attached hydrogen (secondary N) is 2. The van der Waals surface area contributed by atoms with Gasteiger partial charge in [-0.2, -0.15) is 20.7 Å². The van der Waals surface area contributed by atoms with Gasteiger partial charge in [0, 0.05) is 64.5 Å². The maximum Gasteiger partial charge on any atom is 0.272 e. The second kappa shape index (κ2) is 20.7. The van der Waals surface area contributed by atoms with Crippen LogP contribution in [-0.4, -0.2) is 137 Å². The molecule has 74 heavy (non-hydrogen) atoms. The van der Waals surface area contributed by atoms with Crippen molar-refractivity contribution in [1.82, 2.24) is 40.0 Å². The Bertz CT molecular complexity index is 2940. The van der Waals surface area contributed by atoms with Crippen molar-refractivity contribution in [3.05, 3.63) is 105 Å². The molecule has 0 saturated heterocycles. The van der Waals surface area contributed by atoms with Crippen LogP contribution in [0, 0.1) is 22.7 Å². The molecule has 2 saturated carbocycles. The number of aliphatic hydroxyl groups excluding tert-OH is 2. The van der Waals surface area contributed by atoms with E-state index in [4.69, 9.17) is 10.5 Å². The summed E-state index contributed by atoms with van der Waals surface area (Å²) in [7, 11) is -4.07. The number of hydrogen-bond donors (Lipinski definition) is 4. The first kappa shape index (κ1) is 55.3. The van der Waals surface area contributed by atoms with Gasteiger partial charge in [0.05, 0.1) is 54.5 Å². The van der Waals surface area contributed by atoms with Gasteiger partial charge in [-0.05, 0) is 128 Å². The van der Waals surface area contributed by atoms with Gasteiger partial charge in [0.15, 0.2) is 31.1 Å². The van der Waals surface area contributed by atoms with E-state index in [9.17, 15) is 46.2 Å². The van der Waals surface area contributed by atoms with Crippen molar-refractivity contribution < 1.29 is 46.2 Å². The van der Waals surface area contributed by atoms with E-state index >= 15 is 0 Å². The molecular formula is C52H66N10O10S2. The highest BCUT2D eigenvalue weighted by molar-refractivity contribution is 7.94. The SMILES string of the molecule is CC(O)CC(C)(C)S(=O)(=O)C1(CN2CCc3c(C(=O)NCc4ccc(C#N)cc4)nn(C)c3C2=O)CC1.CC(O)CC(C)(C)S(=O)(=O)C1(CN2CCc3c(C(=O)NCc4ccc(C#N)cc4)nn(C)c3C2=O)CC1. The zero-order valence-corrected chi connectivity index (χ0v) is 44.9. The van der Waals surface area contributed by atoms with Crippen LogP contribution in [0.25, 0.3) is 0 Å². The molecule has 8 rings (SSSR count). The number of carbonyl (C=O) groups excluding carboxylic acids is 4. The van der Waals surface area contributed by atoms with Crippen molar-refractivity contribution in [1.29, 1.82) is 10.5 Å². The number of rotatable bonds is 18. The lowest BCUT2D eigenvalue weighted by Crippen LogP contribution is -2.51. The van der Waals surface area contributed by atoms with Crippen LogP contribution in [0.2, 0.25) is 0 Å². The predicted molar refractivity (Wildman–Crippen MR) is 273 cm³/mol. The second-order valence-corrected chi connectivity index (χ2v) is 27.5. The third-order valence-corrected chi connectivity index (χ3v) is 21.4. The summed E-state index contributed by atoms with van der Waals surface area (Å²) in [6, 6.07) is 17.9. The highest BCUT2D eigenvalue weighted by Gasteiger charge is 2.62. The molecule has 2 atom stereocenters. The first-order valence-electron chi connectivity index (χ1n) is 24.7. The van der Waals surface area contributed by atoms with Crippen LogP contribution in [0.5, 0.6) is 0 Å². The van der Waals surface area contributed by atoms with E-state index in [1.807, 2.05) is 0 Å². The molecule has 4 amide bonds. The van der Waals surface area contributed by atoms with Gasteiger partial charge in [0.1, 0.15) is 11.4 Å². The Labute approximate surface area is 432 Å². The van der Waals surface area contributed by atoms with Crippen LogP contribution in [0.3, 0.4) is 0 Å². The monoisotopic (exact) mass is 1050 g/mol. The Morgan fingerprint density at radius 3 is 1.26 bits per heavy atom. The Morgan fingerprint density at radius 1 is 0.649 bits per heavy atom. The smallest absolute Gasteiger partial charge is 0.272 e. The lowest BCUT2D eigenvalue weighted by molar-refractivity contribution is 0.0716. The van der Waals surface area contributed by atoms with Crippen molar-refractivity contribution in [3.63, 3.8) is 0 Å². The number of aliphatic hydroxyl groups is 2. The summed E-state index contributed by atoms with van der Waals surface area (Å²) in [5.74, 6) is -1.47. The Morgan fingerprint density at radius 2 is 0.973 bits per heavy atom. The molecule has 2 aliphatic heterocycles. The number of aromatic nitrogens is 4. The molecule has 4 N–H and O–H groups in total. The zero-order valence-electron chi connectivity index (χ0n) is 43.2. The van der Waals surface area contributed by atoms with E-state index in [0.29, 0.717) is 85.3 Å². The van der Waals surface area contributed by atoms with Gasteiger partial charge >= 0.3 is 0 Å². The topological polar surface area (TPSA) is 291 Å². The molecule has 2 aromatic heterocycles. The second-order valence-electron chi connectivity index (χ2n) is 21.5. The van der Waals surface area contributed by atoms with Crippen molar-refractivity contribution in [2.24, 2.45) is 14.1 Å². The Balaban J connectivity index is 0.000000216. The minimum atomic E-state index is -3.64. The highest BCUT2D eigenvalue weighted by Crippen LogP contribution is 2.51. The van der Waals surface area contributed by atoms with Gasteiger partial charge in [-0.15, -0.1) is 0 Å². The predicted octanol–water partition coefficient (Wildman–Crippen LogP) is 3.43. The Kier molecular flexibility index (Phi) is 15.5. The van der Waals surface area contributed by atoms with E-state index in [1.165, 1.54) is 9.36 Å². The van der Waals surface area contributed by atoms with Crippen LogP contribution in [0.15, 0.2) is 48.5 Å². The fourth-order valence-corrected chi connectivity index (χ4v) is 15.7. The number of sulfone groups is 2. The Hall–Kier alpha value is -6.46. The number of aryl methyl sites for hydroxylation is 2. The molecule has 0 spiro atoms. The minimum absolute atomic E-state index is 0.0856. The van der Waals surface area contributed by atoms with Crippen molar-refractivity contribution in [2.45, 2.75) is 137 Å². The summed E-state index contributed by atoms with van der Waals surface area (Å²) in [5, 5.41) is 51.8. The minimum Gasteiger partial charge on any atom is -0.393 e. The van der Waals surface area contributed by atoms with Crippen LogP contribution < -0.4 is 10.6 Å². The van der Waals surface area contributed by atoms with E-state index in [2.05, 4.69) is 33.0 Å². The number of benzene rings is 2. The zero-order chi connectivity index (χ0) is 54.3. The molecule has 22 heteroatoms. The first-order valence-corrected chi connectivity index (χ1v) is 27.7. The molecule has 2 unspecified atom stereocenters. The number of hydrogen-bond acceptors (Lipinski definition) is 14. The number of carbonyl (C=O) groups is 4. The third-order valence-electron chi connectivity index (χ3n) is 14.8. The lowest BCUT2D eigenvalue weighted by Gasteiger charge is -2.35. The molecule has 396 valence electrons. The van der Waals surface area contributed by atoms with Gasteiger partial charge < -0.3 is 30.6 Å². The average Bonchev–Trinajstić information content (AvgIpc) is 4.25. The largest absolute Gasteiger partial charge is 0.393 e. The van der Waals surface area contributed by atoms with Gasteiger partial charge in [0.2, 0.25) is 0 Å². The fraction of sp³-hybridized carbons (Fsp3) is 0.538. The third kappa shape index (κ3) is 10.7. The van der Waals surface area contributed by atoms with Gasteiger partial charge in [-0.3, -0.25) is 28.5 Å². The molecule has 4 aliphatic rings. The van der Waals surface area contributed by atoms with Crippen molar-refractivity contribution in [2.75, 3.05) is 26.2 Å². The fourth-order valence-electron chi connectivity index (χ4n) is 10.5. The van der Waals surface area contributed by atoms with Crippen LogP contribution in [-0.2, 0) is 59.7 Å². The molecule has 2 fully saturated rings. The van der Waals surface area contributed by atoms with Gasteiger partial charge in [-0.25, -0.2) is 16.8 Å². The van der Waals surface area contributed by atoms with Crippen molar-refractivity contribution >= 4 is 43.3 Å². The van der Waals surface area contributed by atoms with Crippen LogP contribution in [0.1, 0.15) is 155 Å². The van der Waals surface area contributed by atoms with Gasteiger partial charge in [-0.1, -0.05) is 24.3 Å². The maximum atomic E-state index is 13.5. The molecule has 20 nitrogen and oxygen atoms in total. The standard InChI is InChI=1S/2C26H33N5O5S/c2*1-17(32)13-25(2,3)37(35,36)26(10-11-26)16-31-12-9-20-21(29-30(4)22(20)24(31)34)23(33)28-15-19-7-5-18(14-27)6-8-19/h2*5-8,17,32H,9-13,15-16H2,1-4H3,(H,28,33). The normalized spacial score (nSPS) is 17.6. The summed E-state index contributed by atoms with van der Waals surface area (Å²) in [6.07, 6.45) is 1.42. The van der Waals surface area contributed by atoms with Crippen LogP contribution >= 0.6 is 0 Å². The molecule has 4 aromatic rings. The number of nitriles is 2. The number of amides is 4. The highest BCUT2D eigenvalue weighted by atomic mass is 32.2. The summed E-state index contributed by atoms with van der Waals surface area (Å²) in [5.41, 5.74) is 4.80. The summed E-state index contributed by atoms with van der Waals surface area (Å²) < 4.78 is 52.7. The molecule has 4 heterocycles. The molecule has 2 aromatic carbocycles. The molecule has 0 bridgehead atoms. The number of fused-ring (bicyclic) bond motifs is 2. The van der Waals surface area contributed by atoms with Crippen LogP contribution in [0.4, 0.5) is 0 Å².